The molecule has 1 aliphatic rings. The number of carbonyl (C=O) groups excluding carboxylic acids is 1. The van der Waals surface area contributed by atoms with Gasteiger partial charge in [0.2, 0.25) is 5.91 Å². The topological polar surface area (TPSA) is 23.6 Å². The summed E-state index contributed by atoms with van der Waals surface area (Å²) in [6, 6.07) is 0. The third-order valence-electron chi connectivity index (χ3n) is 3.07. The summed E-state index contributed by atoms with van der Waals surface area (Å²) in [6.45, 7) is 11.3. The van der Waals surface area contributed by atoms with Gasteiger partial charge in [0.15, 0.2) is 0 Å². The molecular weight excluding hydrogens is 188 g/mol. The largest absolute Gasteiger partial charge is 0.340 e. The predicted molar refractivity (Wildman–Crippen MR) is 62.8 cm³/mol. The third-order valence-corrected chi connectivity index (χ3v) is 3.07. The Balaban J connectivity index is 2.12. The lowest BCUT2D eigenvalue weighted by atomic mass is 10.1. The molecule has 1 amide bonds. The first-order valence-electron chi connectivity index (χ1n) is 6.07. The molecular formula is C12H24N2O. The Bertz CT molecular complexity index is 196. The Morgan fingerprint density at radius 3 is 2.27 bits per heavy atom. The van der Waals surface area contributed by atoms with Crippen molar-refractivity contribution in [2.24, 2.45) is 5.92 Å². The van der Waals surface area contributed by atoms with E-state index in [4.69, 9.17) is 0 Å². The van der Waals surface area contributed by atoms with Gasteiger partial charge in [0.1, 0.15) is 0 Å². The van der Waals surface area contributed by atoms with E-state index in [0.717, 1.165) is 32.1 Å². The molecule has 0 radical (unpaired) electrons. The molecule has 0 N–H and O–H groups in total. The van der Waals surface area contributed by atoms with Crippen LogP contribution in [0.3, 0.4) is 0 Å². The number of piperazine rings is 1. The molecule has 1 saturated heterocycles. The minimum atomic E-state index is 0.219. The Kier molecular flexibility index (Phi) is 5.09. The van der Waals surface area contributed by atoms with Crippen LogP contribution >= 0.6 is 0 Å². The van der Waals surface area contributed by atoms with Gasteiger partial charge in [-0.3, -0.25) is 9.69 Å². The fourth-order valence-corrected chi connectivity index (χ4v) is 2.01. The molecule has 15 heavy (non-hydrogen) atoms. The lowest BCUT2D eigenvalue weighted by molar-refractivity contribution is -0.130. The van der Waals surface area contributed by atoms with Crippen molar-refractivity contribution in [2.45, 2.75) is 33.6 Å². The smallest absolute Gasteiger partial charge is 0.219 e. The minimum absolute atomic E-state index is 0.219. The number of hydrogen-bond donors (Lipinski definition) is 0. The Hall–Kier alpha value is -0.570. The fourth-order valence-electron chi connectivity index (χ4n) is 2.01. The van der Waals surface area contributed by atoms with E-state index in [9.17, 15) is 4.79 Å². The van der Waals surface area contributed by atoms with Crippen molar-refractivity contribution < 1.29 is 4.79 Å². The highest BCUT2D eigenvalue weighted by molar-refractivity contribution is 5.73. The van der Waals surface area contributed by atoms with Crippen molar-refractivity contribution in [3.8, 4) is 0 Å². The van der Waals surface area contributed by atoms with Gasteiger partial charge < -0.3 is 4.90 Å². The Labute approximate surface area is 93.4 Å². The predicted octanol–water partition coefficient (Wildman–Crippen LogP) is 1.59. The van der Waals surface area contributed by atoms with Crippen LogP contribution in [0.15, 0.2) is 0 Å². The highest BCUT2D eigenvalue weighted by Gasteiger charge is 2.17. The van der Waals surface area contributed by atoms with E-state index >= 15 is 0 Å². The van der Waals surface area contributed by atoms with Gasteiger partial charge in [-0.25, -0.2) is 0 Å². The number of nitrogens with zero attached hydrogens (tertiary/aromatic N) is 2. The highest BCUT2D eigenvalue weighted by Crippen LogP contribution is 2.07. The van der Waals surface area contributed by atoms with Gasteiger partial charge in [-0.05, 0) is 25.3 Å². The summed E-state index contributed by atoms with van der Waals surface area (Å²) in [5.74, 6) is 1.03. The summed E-state index contributed by atoms with van der Waals surface area (Å²) in [5, 5.41) is 0. The van der Waals surface area contributed by atoms with Crippen LogP contribution in [0.1, 0.15) is 33.6 Å². The van der Waals surface area contributed by atoms with E-state index < -0.39 is 0 Å². The summed E-state index contributed by atoms with van der Waals surface area (Å²) in [5.41, 5.74) is 0. The van der Waals surface area contributed by atoms with Crippen molar-refractivity contribution in [3.63, 3.8) is 0 Å². The van der Waals surface area contributed by atoms with Crippen LogP contribution in [0.2, 0.25) is 0 Å². The maximum absolute atomic E-state index is 11.1. The molecule has 0 saturated carbocycles. The van der Waals surface area contributed by atoms with Crippen LogP contribution in [0.5, 0.6) is 0 Å². The average molecular weight is 212 g/mol. The van der Waals surface area contributed by atoms with Crippen LogP contribution in [-0.2, 0) is 4.79 Å². The highest BCUT2D eigenvalue weighted by atomic mass is 16.2. The zero-order valence-corrected chi connectivity index (χ0v) is 10.3. The van der Waals surface area contributed by atoms with Gasteiger partial charge in [0, 0.05) is 33.1 Å². The van der Waals surface area contributed by atoms with Crippen molar-refractivity contribution in [1.29, 1.82) is 0 Å². The van der Waals surface area contributed by atoms with Crippen LogP contribution in [0.4, 0.5) is 0 Å². The van der Waals surface area contributed by atoms with Gasteiger partial charge >= 0.3 is 0 Å². The SMILES string of the molecule is CC(=O)N1CCN(CCCC(C)C)CC1. The van der Waals surface area contributed by atoms with E-state index in [2.05, 4.69) is 18.7 Å². The molecule has 3 heteroatoms. The molecule has 0 spiro atoms. The second-order valence-corrected chi connectivity index (χ2v) is 4.88. The van der Waals surface area contributed by atoms with Gasteiger partial charge in [0.05, 0.1) is 0 Å². The average Bonchev–Trinajstić information content (AvgIpc) is 2.18. The molecule has 1 heterocycles. The molecule has 3 nitrogen and oxygen atoms in total. The zero-order chi connectivity index (χ0) is 11.3. The van der Waals surface area contributed by atoms with Crippen molar-refractivity contribution in [3.05, 3.63) is 0 Å². The van der Waals surface area contributed by atoms with Crippen molar-refractivity contribution >= 4 is 5.91 Å². The quantitative estimate of drug-likeness (QED) is 0.706. The van der Waals surface area contributed by atoms with Gasteiger partial charge in [0.25, 0.3) is 0 Å². The standard InChI is InChI=1S/C12H24N2O/c1-11(2)5-4-6-13-7-9-14(10-8-13)12(3)15/h11H,4-10H2,1-3H3. The lowest BCUT2D eigenvalue weighted by Gasteiger charge is -2.34. The molecule has 88 valence electrons. The molecule has 1 rings (SSSR count). The van der Waals surface area contributed by atoms with Gasteiger partial charge in [-0.1, -0.05) is 13.8 Å². The second-order valence-electron chi connectivity index (χ2n) is 4.88. The van der Waals surface area contributed by atoms with Crippen LogP contribution in [-0.4, -0.2) is 48.4 Å². The molecule has 1 fully saturated rings. The number of carbonyl (C=O) groups is 1. The van der Waals surface area contributed by atoms with Gasteiger partial charge in [-0.2, -0.15) is 0 Å². The van der Waals surface area contributed by atoms with Crippen molar-refractivity contribution in [2.75, 3.05) is 32.7 Å². The van der Waals surface area contributed by atoms with E-state index in [0.29, 0.717) is 0 Å². The van der Waals surface area contributed by atoms with E-state index in [1.54, 1.807) is 6.92 Å². The molecule has 0 unspecified atom stereocenters. The summed E-state index contributed by atoms with van der Waals surface area (Å²) in [6.07, 6.45) is 2.60. The Morgan fingerprint density at radius 2 is 1.80 bits per heavy atom. The van der Waals surface area contributed by atoms with Gasteiger partial charge in [-0.15, -0.1) is 0 Å². The normalized spacial score (nSPS) is 18.5. The lowest BCUT2D eigenvalue weighted by Crippen LogP contribution is -2.48. The van der Waals surface area contributed by atoms with Crippen LogP contribution in [0.25, 0.3) is 0 Å². The third kappa shape index (κ3) is 4.65. The van der Waals surface area contributed by atoms with Crippen molar-refractivity contribution in [1.82, 2.24) is 9.80 Å². The summed E-state index contributed by atoms with van der Waals surface area (Å²) < 4.78 is 0. The zero-order valence-electron chi connectivity index (χ0n) is 10.3. The second kappa shape index (κ2) is 6.11. The Morgan fingerprint density at radius 1 is 1.20 bits per heavy atom. The van der Waals surface area contributed by atoms with Crippen LogP contribution in [0, 0.1) is 5.92 Å². The number of rotatable bonds is 4. The molecule has 0 aliphatic carbocycles. The number of amides is 1. The molecule has 0 aromatic carbocycles. The van der Waals surface area contributed by atoms with E-state index in [1.807, 2.05) is 4.90 Å². The molecule has 0 atom stereocenters. The maximum atomic E-state index is 11.1. The molecule has 0 bridgehead atoms. The molecule has 1 aliphatic heterocycles. The molecule has 0 aromatic heterocycles. The minimum Gasteiger partial charge on any atom is -0.340 e. The number of hydrogen-bond acceptors (Lipinski definition) is 2. The van der Waals surface area contributed by atoms with Crippen LogP contribution < -0.4 is 0 Å². The maximum Gasteiger partial charge on any atom is 0.219 e. The first-order valence-corrected chi connectivity index (χ1v) is 6.07. The van der Waals surface area contributed by atoms with E-state index in [1.165, 1.54) is 19.4 Å². The summed E-state index contributed by atoms with van der Waals surface area (Å²) in [7, 11) is 0. The molecule has 0 aromatic rings. The first-order chi connectivity index (χ1) is 7.09. The first kappa shape index (κ1) is 12.5. The summed E-state index contributed by atoms with van der Waals surface area (Å²) >= 11 is 0. The fraction of sp³-hybridized carbons (Fsp3) is 0.917. The summed E-state index contributed by atoms with van der Waals surface area (Å²) in [4.78, 5) is 15.5. The monoisotopic (exact) mass is 212 g/mol. The van der Waals surface area contributed by atoms with E-state index in [-0.39, 0.29) is 5.91 Å².